The molecule has 4 nitrogen and oxygen atoms in total. The number of hydrogen-bond acceptors (Lipinski definition) is 3. The number of hydrogen-bond donors (Lipinski definition) is 0. The molecule has 0 bridgehead atoms. The molecule has 0 aliphatic rings. The highest BCUT2D eigenvalue weighted by Gasteiger charge is 2.05. The predicted molar refractivity (Wildman–Crippen MR) is 64.2 cm³/mol. The van der Waals surface area contributed by atoms with Gasteiger partial charge in [0.25, 0.3) is 0 Å². The summed E-state index contributed by atoms with van der Waals surface area (Å²) in [6.45, 7) is 0.336. The van der Waals surface area contributed by atoms with Crippen LogP contribution in [0.15, 0.2) is 30.6 Å². The third-order valence-corrected chi connectivity index (χ3v) is 2.60. The van der Waals surface area contributed by atoms with Crippen molar-refractivity contribution in [2.45, 2.75) is 6.42 Å². The first-order valence-electron chi connectivity index (χ1n) is 5.54. The number of rotatable bonds is 5. The Morgan fingerprint density at radius 1 is 1.50 bits per heavy atom. The van der Waals surface area contributed by atoms with E-state index in [4.69, 9.17) is 4.74 Å². The fourth-order valence-corrected chi connectivity index (χ4v) is 1.60. The molecule has 0 saturated carbocycles. The van der Waals surface area contributed by atoms with Gasteiger partial charge < -0.3 is 9.30 Å². The van der Waals surface area contributed by atoms with Crippen LogP contribution in [0.5, 0.6) is 5.75 Å². The van der Waals surface area contributed by atoms with Crippen molar-refractivity contribution >= 4 is 6.29 Å². The summed E-state index contributed by atoms with van der Waals surface area (Å²) in [6, 6.07) is 4.13. The van der Waals surface area contributed by atoms with Crippen LogP contribution in [0.1, 0.15) is 16.2 Å². The number of ether oxygens (including phenoxy) is 1. The first kappa shape index (κ1) is 12.3. The highest BCUT2D eigenvalue weighted by Crippen LogP contribution is 2.17. The number of aryl methyl sites for hydroxylation is 1. The largest absolute Gasteiger partial charge is 0.490 e. The minimum atomic E-state index is -0.528. The van der Waals surface area contributed by atoms with Gasteiger partial charge in [0.15, 0.2) is 11.6 Å². The summed E-state index contributed by atoms with van der Waals surface area (Å²) < 4.78 is 20.7. The Labute approximate surface area is 104 Å². The fourth-order valence-electron chi connectivity index (χ4n) is 1.60. The van der Waals surface area contributed by atoms with E-state index in [2.05, 4.69) is 4.98 Å². The Bertz CT molecular complexity index is 552. The van der Waals surface area contributed by atoms with Gasteiger partial charge in [0, 0.05) is 31.4 Å². The van der Waals surface area contributed by atoms with E-state index >= 15 is 0 Å². The summed E-state index contributed by atoms with van der Waals surface area (Å²) in [6.07, 6.45) is 4.74. The molecule has 0 radical (unpaired) electrons. The topological polar surface area (TPSA) is 44.1 Å². The highest BCUT2D eigenvalue weighted by atomic mass is 19.1. The molecule has 1 heterocycles. The Morgan fingerprint density at radius 2 is 2.33 bits per heavy atom. The van der Waals surface area contributed by atoms with Crippen molar-refractivity contribution in [2.75, 3.05) is 6.61 Å². The molecule has 0 amide bonds. The first-order chi connectivity index (χ1) is 8.70. The lowest BCUT2D eigenvalue weighted by Gasteiger charge is -2.07. The molecule has 0 N–H and O–H groups in total. The van der Waals surface area contributed by atoms with Crippen LogP contribution < -0.4 is 4.74 Å². The number of nitrogens with zero attached hydrogens (tertiary/aromatic N) is 2. The normalized spacial score (nSPS) is 10.3. The minimum Gasteiger partial charge on any atom is -0.490 e. The summed E-state index contributed by atoms with van der Waals surface area (Å²) in [4.78, 5) is 14.6. The zero-order valence-corrected chi connectivity index (χ0v) is 9.97. The first-order valence-corrected chi connectivity index (χ1v) is 5.54. The number of imidazole rings is 1. The summed E-state index contributed by atoms with van der Waals surface area (Å²) in [7, 11) is 1.89. The van der Waals surface area contributed by atoms with Crippen LogP contribution in [0.25, 0.3) is 0 Å². The van der Waals surface area contributed by atoms with Crippen LogP contribution >= 0.6 is 0 Å². The van der Waals surface area contributed by atoms with Gasteiger partial charge in [-0.25, -0.2) is 9.37 Å². The number of carbonyl (C=O) groups is 1. The molecule has 2 rings (SSSR count). The Balaban J connectivity index is 1.94. The van der Waals surface area contributed by atoms with Gasteiger partial charge in [-0.3, -0.25) is 4.79 Å². The average Bonchev–Trinajstić information content (AvgIpc) is 2.77. The van der Waals surface area contributed by atoms with Gasteiger partial charge in [-0.05, 0) is 18.2 Å². The van der Waals surface area contributed by atoms with Gasteiger partial charge in [-0.15, -0.1) is 0 Å². The van der Waals surface area contributed by atoms with E-state index in [0.717, 1.165) is 11.9 Å². The maximum absolute atomic E-state index is 13.5. The van der Waals surface area contributed by atoms with Crippen molar-refractivity contribution in [1.29, 1.82) is 0 Å². The third kappa shape index (κ3) is 2.74. The molecule has 0 fully saturated rings. The monoisotopic (exact) mass is 248 g/mol. The number of aldehydes is 1. The van der Waals surface area contributed by atoms with E-state index in [1.54, 1.807) is 6.20 Å². The molecular formula is C13H13FN2O2. The highest BCUT2D eigenvalue weighted by molar-refractivity contribution is 5.74. The van der Waals surface area contributed by atoms with Crippen LogP contribution in [-0.2, 0) is 13.5 Å². The molecule has 0 unspecified atom stereocenters. The lowest BCUT2D eigenvalue weighted by Crippen LogP contribution is -2.07. The number of carbonyl (C=O) groups excluding carboxylic acids is 1. The summed E-state index contributed by atoms with van der Waals surface area (Å²) >= 11 is 0. The van der Waals surface area contributed by atoms with Crippen LogP contribution in [0.2, 0.25) is 0 Å². The van der Waals surface area contributed by atoms with Gasteiger partial charge in [0.2, 0.25) is 0 Å². The second kappa shape index (κ2) is 5.44. The Morgan fingerprint density at radius 3 is 2.94 bits per heavy atom. The molecule has 0 spiro atoms. The molecule has 5 heteroatoms. The number of benzene rings is 1. The third-order valence-electron chi connectivity index (χ3n) is 2.60. The van der Waals surface area contributed by atoms with E-state index < -0.39 is 5.82 Å². The standard InChI is InChI=1S/C13H13FN2O2/c1-16-6-5-15-13(16)4-7-18-12-3-2-10(9-17)8-11(12)14/h2-3,5-6,8-9H,4,7H2,1H3. The lowest BCUT2D eigenvalue weighted by molar-refractivity contribution is 0.112. The molecule has 0 saturated heterocycles. The lowest BCUT2D eigenvalue weighted by atomic mass is 10.2. The summed E-state index contributed by atoms with van der Waals surface area (Å²) in [5, 5.41) is 0. The van der Waals surface area contributed by atoms with E-state index in [-0.39, 0.29) is 5.75 Å². The van der Waals surface area contributed by atoms with Crippen molar-refractivity contribution < 1.29 is 13.9 Å². The molecule has 0 aliphatic heterocycles. The SMILES string of the molecule is Cn1ccnc1CCOc1ccc(C=O)cc1F. The molecule has 0 aliphatic carbocycles. The van der Waals surface area contributed by atoms with Crippen LogP contribution in [0.3, 0.4) is 0 Å². The predicted octanol–water partition coefficient (Wildman–Crippen LogP) is 1.99. The maximum atomic E-state index is 13.5. The van der Waals surface area contributed by atoms with Crippen molar-refractivity contribution in [3.05, 3.63) is 47.8 Å². The minimum absolute atomic E-state index is 0.148. The second-order valence-electron chi connectivity index (χ2n) is 3.86. The van der Waals surface area contributed by atoms with Crippen molar-refractivity contribution in [3.63, 3.8) is 0 Å². The fraction of sp³-hybridized carbons (Fsp3) is 0.231. The maximum Gasteiger partial charge on any atom is 0.165 e. The second-order valence-corrected chi connectivity index (χ2v) is 3.86. The number of aromatic nitrogens is 2. The van der Waals surface area contributed by atoms with E-state index in [0.29, 0.717) is 24.9 Å². The quantitative estimate of drug-likeness (QED) is 0.760. The van der Waals surface area contributed by atoms with Crippen LogP contribution in [0, 0.1) is 5.82 Å². The van der Waals surface area contributed by atoms with Gasteiger partial charge in [0.1, 0.15) is 12.1 Å². The number of halogens is 1. The van der Waals surface area contributed by atoms with E-state index in [9.17, 15) is 9.18 Å². The Kier molecular flexibility index (Phi) is 3.72. The van der Waals surface area contributed by atoms with Gasteiger partial charge >= 0.3 is 0 Å². The smallest absolute Gasteiger partial charge is 0.165 e. The molecular weight excluding hydrogens is 235 g/mol. The molecule has 1 aromatic heterocycles. The molecule has 94 valence electrons. The van der Waals surface area contributed by atoms with Crippen LogP contribution in [-0.4, -0.2) is 22.4 Å². The van der Waals surface area contributed by atoms with E-state index in [1.807, 2.05) is 17.8 Å². The van der Waals surface area contributed by atoms with Gasteiger partial charge in [-0.1, -0.05) is 0 Å². The zero-order chi connectivity index (χ0) is 13.0. The van der Waals surface area contributed by atoms with Gasteiger partial charge in [-0.2, -0.15) is 0 Å². The molecule has 0 atom stereocenters. The van der Waals surface area contributed by atoms with Gasteiger partial charge in [0.05, 0.1) is 6.61 Å². The summed E-state index contributed by atoms with van der Waals surface area (Å²) in [5.41, 5.74) is 0.295. The Hall–Kier alpha value is -2.17. The summed E-state index contributed by atoms with van der Waals surface area (Å²) in [5.74, 6) is 0.495. The molecule has 2 aromatic rings. The molecule has 1 aromatic carbocycles. The van der Waals surface area contributed by atoms with Crippen molar-refractivity contribution in [3.8, 4) is 5.75 Å². The van der Waals surface area contributed by atoms with Crippen LogP contribution in [0.4, 0.5) is 4.39 Å². The average molecular weight is 248 g/mol. The van der Waals surface area contributed by atoms with E-state index in [1.165, 1.54) is 12.1 Å². The van der Waals surface area contributed by atoms with Crippen molar-refractivity contribution in [2.24, 2.45) is 7.05 Å². The molecule has 18 heavy (non-hydrogen) atoms. The van der Waals surface area contributed by atoms with Crippen molar-refractivity contribution in [1.82, 2.24) is 9.55 Å². The zero-order valence-electron chi connectivity index (χ0n) is 9.97.